The van der Waals surface area contributed by atoms with E-state index in [1.54, 1.807) is 13.8 Å². The highest BCUT2D eigenvalue weighted by molar-refractivity contribution is 6.13. The smallest absolute Gasteiger partial charge is 0.347 e. The molecule has 23 heavy (non-hydrogen) atoms. The lowest BCUT2D eigenvalue weighted by atomic mass is 10.0. The molecule has 2 fully saturated rings. The van der Waals surface area contributed by atoms with Crippen molar-refractivity contribution in [2.75, 3.05) is 19.8 Å². The Balaban J connectivity index is 2.25. The van der Waals surface area contributed by atoms with Gasteiger partial charge in [0.15, 0.2) is 11.8 Å². The molecule has 3 N–H and O–H groups in total. The van der Waals surface area contributed by atoms with Crippen molar-refractivity contribution in [2.24, 2.45) is 0 Å². The number of esters is 2. The van der Waals surface area contributed by atoms with E-state index in [-0.39, 0.29) is 25.3 Å². The van der Waals surface area contributed by atoms with Crippen molar-refractivity contribution in [3.63, 3.8) is 0 Å². The first kappa shape index (κ1) is 17.7. The molecule has 0 aromatic carbocycles. The number of fused-ring (bicyclic) bond motifs is 2. The molecule has 0 saturated carbocycles. The van der Waals surface area contributed by atoms with Gasteiger partial charge in [0.05, 0.1) is 13.2 Å². The third kappa shape index (κ3) is 3.47. The van der Waals surface area contributed by atoms with E-state index in [1.165, 1.54) is 11.1 Å². The van der Waals surface area contributed by atoms with Crippen LogP contribution < -0.4 is 0 Å². The van der Waals surface area contributed by atoms with Crippen LogP contribution in [0.2, 0.25) is 0 Å². The van der Waals surface area contributed by atoms with Crippen LogP contribution in [0.25, 0.3) is 0 Å². The molecule has 2 heterocycles. The summed E-state index contributed by atoms with van der Waals surface area (Å²) in [5, 5.41) is 29.5. The van der Waals surface area contributed by atoms with Gasteiger partial charge >= 0.3 is 11.9 Å². The molecule has 130 valence electrons. The summed E-state index contributed by atoms with van der Waals surface area (Å²) in [6.45, 7) is 3.46. The number of likely N-dealkylation sites (tertiary alicyclic amines) is 1. The highest BCUT2D eigenvalue weighted by Crippen LogP contribution is 2.31. The molecule has 0 amide bonds. The molecule has 0 radical (unpaired) electrons. The Morgan fingerprint density at radius 2 is 1.65 bits per heavy atom. The standard InChI is InChI=1S/C14H21NO8/c1-3-21-13(19)7(14(20)22-4-2)5-15-6-8-9(16)10(17)11(18)12(15)23-8/h5,8-12,16-18H,3-4,6H2,1-2H3/t8-,9+,10-,11+,12-/m0/s1. The number of hydrogen-bond acceptors (Lipinski definition) is 9. The number of nitrogens with zero attached hydrogens (tertiary/aromatic N) is 1. The second kappa shape index (κ2) is 7.26. The molecule has 5 atom stereocenters. The number of carbonyl (C=O) groups is 2. The van der Waals surface area contributed by atoms with E-state index in [2.05, 4.69) is 0 Å². The van der Waals surface area contributed by atoms with Gasteiger partial charge in [-0.1, -0.05) is 0 Å². The molecule has 2 bridgehead atoms. The van der Waals surface area contributed by atoms with Crippen LogP contribution in [0.3, 0.4) is 0 Å². The van der Waals surface area contributed by atoms with Gasteiger partial charge < -0.3 is 34.4 Å². The van der Waals surface area contributed by atoms with Gasteiger partial charge in [0, 0.05) is 12.7 Å². The normalized spacial score (nSPS) is 32.4. The Morgan fingerprint density at radius 3 is 2.17 bits per heavy atom. The van der Waals surface area contributed by atoms with Gasteiger partial charge in [-0.2, -0.15) is 0 Å². The third-order valence-corrected chi connectivity index (χ3v) is 3.69. The molecule has 0 spiro atoms. The van der Waals surface area contributed by atoms with Crippen LogP contribution in [0.15, 0.2) is 11.8 Å². The molecule has 9 heteroatoms. The number of ether oxygens (including phenoxy) is 3. The predicted molar refractivity (Wildman–Crippen MR) is 74.7 cm³/mol. The van der Waals surface area contributed by atoms with Crippen molar-refractivity contribution in [2.45, 2.75) is 44.5 Å². The SMILES string of the molecule is CCOC(=O)C(=CN1C[C@@H]2O[C@H]1[C@H](O)[C@@H](O)[C@@H]2O)C(=O)OCC. The maximum Gasteiger partial charge on any atom is 0.347 e. The summed E-state index contributed by atoms with van der Waals surface area (Å²) in [7, 11) is 0. The number of carbonyl (C=O) groups excluding carboxylic acids is 2. The van der Waals surface area contributed by atoms with Gasteiger partial charge in [0.2, 0.25) is 0 Å². The molecule has 0 aromatic heterocycles. The topological polar surface area (TPSA) is 126 Å². The lowest BCUT2D eigenvalue weighted by Crippen LogP contribution is -2.54. The second-order valence-corrected chi connectivity index (χ2v) is 5.22. The Kier molecular flexibility index (Phi) is 5.58. The molecule has 0 unspecified atom stereocenters. The van der Waals surface area contributed by atoms with Crippen molar-refractivity contribution in [3.8, 4) is 0 Å². The summed E-state index contributed by atoms with van der Waals surface area (Å²) in [4.78, 5) is 25.2. The van der Waals surface area contributed by atoms with Gasteiger partial charge in [-0.05, 0) is 13.8 Å². The van der Waals surface area contributed by atoms with Crippen LogP contribution in [0, 0.1) is 0 Å². The first-order chi connectivity index (χ1) is 10.9. The molecule has 9 nitrogen and oxygen atoms in total. The van der Waals surface area contributed by atoms with Crippen LogP contribution in [0.1, 0.15) is 13.8 Å². The third-order valence-electron chi connectivity index (χ3n) is 3.69. The number of aliphatic hydroxyl groups is 3. The van der Waals surface area contributed by atoms with E-state index < -0.39 is 42.6 Å². The predicted octanol–water partition coefficient (Wildman–Crippen LogP) is -1.88. The van der Waals surface area contributed by atoms with E-state index >= 15 is 0 Å². The zero-order chi connectivity index (χ0) is 17.1. The molecule has 0 aromatic rings. The Bertz CT molecular complexity index is 471. The first-order valence-electron chi connectivity index (χ1n) is 7.42. The lowest BCUT2D eigenvalue weighted by Gasteiger charge is -2.34. The monoisotopic (exact) mass is 331 g/mol. The summed E-state index contributed by atoms with van der Waals surface area (Å²) in [5.74, 6) is -1.72. The molecule has 2 saturated heterocycles. The fourth-order valence-electron chi connectivity index (χ4n) is 2.57. The highest BCUT2D eigenvalue weighted by Gasteiger charge is 2.51. The van der Waals surface area contributed by atoms with Crippen molar-refractivity contribution < 1.29 is 39.1 Å². The van der Waals surface area contributed by atoms with Gasteiger partial charge in [0.1, 0.15) is 24.4 Å². The van der Waals surface area contributed by atoms with Crippen molar-refractivity contribution in [1.29, 1.82) is 0 Å². The van der Waals surface area contributed by atoms with Crippen molar-refractivity contribution in [1.82, 2.24) is 4.90 Å². The summed E-state index contributed by atoms with van der Waals surface area (Å²) in [6, 6.07) is 0. The second-order valence-electron chi connectivity index (χ2n) is 5.22. The first-order valence-corrected chi connectivity index (χ1v) is 7.42. The minimum Gasteiger partial charge on any atom is -0.462 e. The average Bonchev–Trinajstić information content (AvgIpc) is 2.90. The quantitative estimate of drug-likeness (QED) is 0.230. The van der Waals surface area contributed by atoms with E-state index in [0.29, 0.717) is 0 Å². The van der Waals surface area contributed by atoms with Gasteiger partial charge in [-0.25, -0.2) is 9.59 Å². The molecule has 2 rings (SSSR count). The fourth-order valence-corrected chi connectivity index (χ4v) is 2.57. The minimum atomic E-state index is -1.38. The largest absolute Gasteiger partial charge is 0.462 e. The van der Waals surface area contributed by atoms with Crippen molar-refractivity contribution >= 4 is 11.9 Å². The minimum absolute atomic E-state index is 0.0815. The van der Waals surface area contributed by atoms with E-state index in [4.69, 9.17) is 14.2 Å². The number of aliphatic hydroxyl groups excluding tert-OH is 3. The summed E-state index contributed by atoms with van der Waals surface area (Å²) in [6.07, 6.45) is -4.54. The van der Waals surface area contributed by atoms with Crippen molar-refractivity contribution in [3.05, 3.63) is 11.8 Å². The molecule has 0 aliphatic carbocycles. The summed E-state index contributed by atoms with van der Waals surface area (Å²) < 4.78 is 15.1. The summed E-state index contributed by atoms with van der Waals surface area (Å²) in [5.41, 5.74) is -0.346. The summed E-state index contributed by atoms with van der Waals surface area (Å²) >= 11 is 0. The van der Waals surface area contributed by atoms with Gasteiger partial charge in [-0.15, -0.1) is 0 Å². The molecule has 2 aliphatic heterocycles. The number of hydrogen-bond donors (Lipinski definition) is 3. The van der Waals surface area contributed by atoms with Crippen LogP contribution >= 0.6 is 0 Å². The van der Waals surface area contributed by atoms with Crippen LogP contribution in [0.4, 0.5) is 0 Å². The zero-order valence-electron chi connectivity index (χ0n) is 12.9. The molecular formula is C14H21NO8. The molecular weight excluding hydrogens is 310 g/mol. The lowest BCUT2D eigenvalue weighted by molar-refractivity contribution is -0.205. The fraction of sp³-hybridized carbons (Fsp3) is 0.714. The van der Waals surface area contributed by atoms with E-state index in [9.17, 15) is 24.9 Å². The zero-order valence-corrected chi connectivity index (χ0v) is 12.9. The maximum absolute atomic E-state index is 11.9. The Labute approximate surface area is 133 Å². The maximum atomic E-state index is 11.9. The van der Waals surface area contributed by atoms with Crippen LogP contribution in [0.5, 0.6) is 0 Å². The van der Waals surface area contributed by atoms with Crippen LogP contribution in [-0.2, 0) is 23.8 Å². The average molecular weight is 331 g/mol. The Morgan fingerprint density at radius 1 is 1.09 bits per heavy atom. The van der Waals surface area contributed by atoms with E-state index in [0.717, 1.165) is 0 Å². The highest BCUT2D eigenvalue weighted by atomic mass is 16.6. The van der Waals surface area contributed by atoms with Crippen LogP contribution in [-0.4, -0.2) is 82.6 Å². The Hall–Kier alpha value is -1.68. The van der Waals surface area contributed by atoms with E-state index in [1.807, 2.05) is 0 Å². The molecule has 2 aliphatic rings. The number of rotatable bonds is 5. The van der Waals surface area contributed by atoms with Gasteiger partial charge in [-0.3, -0.25) is 0 Å². The van der Waals surface area contributed by atoms with Gasteiger partial charge in [0.25, 0.3) is 0 Å².